The summed E-state index contributed by atoms with van der Waals surface area (Å²) in [6, 6.07) is 6.49. The second kappa shape index (κ2) is 14.7. The summed E-state index contributed by atoms with van der Waals surface area (Å²) in [4.78, 5) is 9.77. The van der Waals surface area contributed by atoms with Crippen molar-refractivity contribution < 1.29 is 32.9 Å². The van der Waals surface area contributed by atoms with Crippen LogP contribution in [0.5, 0.6) is 6.01 Å². The van der Waals surface area contributed by atoms with Gasteiger partial charge in [-0.05, 0) is 73.1 Å². The summed E-state index contributed by atoms with van der Waals surface area (Å²) in [6.07, 6.45) is 1.66. The number of aliphatic hydroxyl groups is 1. The molecule has 2 saturated heterocycles. The maximum absolute atomic E-state index is 15.4. The fourth-order valence-electron chi connectivity index (χ4n) is 6.68. The van der Waals surface area contributed by atoms with E-state index in [1.165, 1.54) is 0 Å². The van der Waals surface area contributed by atoms with Crippen LogP contribution in [-0.2, 0) is 38.2 Å². The number of aryl methyl sites for hydroxylation is 2. The van der Waals surface area contributed by atoms with E-state index in [1.54, 1.807) is 12.1 Å². The van der Waals surface area contributed by atoms with Gasteiger partial charge in [-0.1, -0.05) is 58.1 Å². The molecule has 4 heterocycles. The lowest BCUT2D eigenvalue weighted by Crippen LogP contribution is -2.47. The second-order valence-electron chi connectivity index (χ2n) is 16.7. The van der Waals surface area contributed by atoms with Crippen molar-refractivity contribution in [2.24, 2.45) is 0 Å². The van der Waals surface area contributed by atoms with Crippen molar-refractivity contribution in [3.05, 3.63) is 45.7 Å². The summed E-state index contributed by atoms with van der Waals surface area (Å²) in [5.41, 5.74) is 3.65. The Morgan fingerprint density at radius 2 is 1.78 bits per heavy atom. The number of fused-ring (bicyclic) bond motifs is 3. The topological polar surface area (TPSA) is 109 Å². The number of imidazole rings is 1. The number of hydrogen-bond donors (Lipinski definition) is 2. The molecular weight excluding hydrogens is 695 g/mol. The summed E-state index contributed by atoms with van der Waals surface area (Å²) in [5, 5.41) is 13.1. The number of aromatic nitrogens is 3. The lowest BCUT2D eigenvalue weighted by molar-refractivity contribution is 0.00687. The number of hydrogen-bond acceptors (Lipinski definition) is 9. The second-order valence-corrected chi connectivity index (χ2v) is 27.5. The smallest absolute Gasteiger partial charge is 0.301 e. The molecule has 10 nitrogen and oxygen atoms in total. The van der Waals surface area contributed by atoms with Crippen molar-refractivity contribution in [1.82, 2.24) is 14.5 Å². The van der Waals surface area contributed by atoms with Gasteiger partial charge in [-0.15, -0.1) is 0 Å². The lowest BCUT2D eigenvalue weighted by Gasteiger charge is -2.39. The van der Waals surface area contributed by atoms with Crippen LogP contribution in [0.4, 0.5) is 10.2 Å². The first kappa shape index (κ1) is 37.6. The zero-order chi connectivity index (χ0) is 36.0. The molecule has 2 fully saturated rings. The third-order valence-electron chi connectivity index (χ3n) is 10.6. The highest BCUT2D eigenvalue weighted by Gasteiger charge is 2.52. The van der Waals surface area contributed by atoms with Crippen LogP contribution < -0.4 is 10.1 Å². The summed E-state index contributed by atoms with van der Waals surface area (Å²) in [5.74, 6) is 0.201. The number of rotatable bonds is 14. The Bertz CT molecular complexity index is 1680. The molecule has 0 radical (unpaired) electrons. The van der Waals surface area contributed by atoms with Gasteiger partial charge in [0.15, 0.2) is 20.1 Å². The van der Waals surface area contributed by atoms with Crippen molar-refractivity contribution in [3.8, 4) is 6.01 Å². The summed E-state index contributed by atoms with van der Waals surface area (Å²) < 4.78 is 49.3. The van der Waals surface area contributed by atoms with Gasteiger partial charge in [0, 0.05) is 26.9 Å². The molecule has 14 heteroatoms. The molecule has 1 unspecified atom stereocenters. The highest BCUT2D eigenvalue weighted by Crippen LogP contribution is 2.42. The van der Waals surface area contributed by atoms with Gasteiger partial charge >= 0.3 is 6.01 Å². The van der Waals surface area contributed by atoms with Gasteiger partial charge in [-0.3, -0.25) is 4.57 Å². The Morgan fingerprint density at radius 3 is 2.48 bits per heavy atom. The molecule has 2 aliphatic heterocycles. The van der Waals surface area contributed by atoms with Gasteiger partial charge in [0.05, 0.1) is 30.4 Å². The SMILES string of the molecule is CC(C)(C)[Si](C)(C)OC1CO[C@H]2[C@@H]1OC[C@H]2Oc1nc2cc(Cl)c(N[C@H]3CCc4cc(CCCO)cc(F)c43)nc2n1COCC[Si](C)(C)C. The molecule has 50 heavy (non-hydrogen) atoms. The van der Waals surface area contributed by atoms with Crippen LogP contribution in [-0.4, -0.2) is 86.9 Å². The summed E-state index contributed by atoms with van der Waals surface area (Å²) in [6.45, 7) is 19.8. The number of ether oxygens (including phenoxy) is 4. The first-order valence-electron chi connectivity index (χ1n) is 18.0. The van der Waals surface area contributed by atoms with E-state index in [2.05, 4.69) is 64.9 Å². The van der Waals surface area contributed by atoms with Gasteiger partial charge in [0.1, 0.15) is 36.1 Å². The monoisotopic (exact) mass is 748 g/mol. The lowest BCUT2D eigenvalue weighted by atomic mass is 10.0. The summed E-state index contributed by atoms with van der Waals surface area (Å²) in [7, 11) is -3.35. The highest BCUT2D eigenvalue weighted by atomic mass is 35.5. The number of anilines is 1. The molecular formula is C36H54ClFN4O6Si2. The van der Waals surface area contributed by atoms with E-state index >= 15 is 4.39 Å². The van der Waals surface area contributed by atoms with Crippen LogP contribution in [0.3, 0.4) is 0 Å². The Kier molecular flexibility index (Phi) is 11.1. The van der Waals surface area contributed by atoms with Crippen LogP contribution in [0.25, 0.3) is 11.2 Å². The van der Waals surface area contributed by atoms with Crippen LogP contribution in [0.2, 0.25) is 48.8 Å². The number of pyridine rings is 1. The van der Waals surface area contributed by atoms with Crippen LogP contribution >= 0.6 is 11.6 Å². The molecule has 2 aromatic heterocycles. The molecule has 276 valence electrons. The van der Waals surface area contributed by atoms with Crippen LogP contribution in [0.1, 0.15) is 56.3 Å². The van der Waals surface area contributed by atoms with Crippen molar-refractivity contribution in [2.45, 2.75) is 127 Å². The van der Waals surface area contributed by atoms with E-state index in [0.29, 0.717) is 72.7 Å². The minimum absolute atomic E-state index is 0.0708. The van der Waals surface area contributed by atoms with Gasteiger partial charge in [-0.2, -0.15) is 4.98 Å². The first-order chi connectivity index (χ1) is 23.5. The van der Waals surface area contributed by atoms with Crippen LogP contribution in [0.15, 0.2) is 18.2 Å². The van der Waals surface area contributed by atoms with E-state index in [1.807, 2.05) is 4.57 Å². The number of nitrogens with zero attached hydrogens (tertiary/aromatic N) is 3. The molecule has 0 spiro atoms. The minimum atomic E-state index is -2.03. The fourth-order valence-corrected chi connectivity index (χ4v) is 8.95. The number of benzene rings is 1. The molecule has 3 aromatic rings. The average Bonchev–Trinajstić information content (AvgIpc) is 3.79. The number of halogens is 2. The van der Waals surface area contributed by atoms with E-state index in [9.17, 15) is 5.11 Å². The van der Waals surface area contributed by atoms with E-state index in [-0.39, 0.29) is 54.7 Å². The zero-order valence-electron chi connectivity index (χ0n) is 30.8. The number of nitrogens with one attached hydrogen (secondary N) is 1. The van der Waals surface area contributed by atoms with Crippen molar-refractivity contribution >= 4 is 45.0 Å². The predicted octanol–water partition coefficient (Wildman–Crippen LogP) is 7.50. The Labute approximate surface area is 302 Å². The normalized spacial score (nSPS) is 23.9. The highest BCUT2D eigenvalue weighted by molar-refractivity contribution is 6.76. The third-order valence-corrected chi connectivity index (χ3v) is 17.1. The third kappa shape index (κ3) is 8.10. The van der Waals surface area contributed by atoms with E-state index < -0.39 is 16.4 Å². The molecule has 1 aliphatic carbocycles. The average molecular weight is 749 g/mol. The van der Waals surface area contributed by atoms with Crippen LogP contribution in [0, 0.1) is 5.82 Å². The standard InChI is InChI=1S/C36H54ClFN4O6Si2/c1-36(2,3)50(7,8)48-29-20-46-31-28(19-45-32(29)31)47-35-40-27-18-24(37)33(41-34(27)42(35)21-44-14-15-49(4,5)6)39-26-12-11-23-16-22(10-9-13-43)17-25(38)30(23)26/h16-18,26,28-29,31-32,43H,9-15,19-21H2,1-8H3,(H,39,41)/t26-,28+,29?,31+,32+/m0/s1. The van der Waals surface area contributed by atoms with Gasteiger partial charge in [-0.25, -0.2) is 9.37 Å². The molecule has 5 atom stereocenters. The van der Waals surface area contributed by atoms with E-state index in [0.717, 1.165) is 23.6 Å². The molecule has 6 rings (SSSR count). The van der Waals surface area contributed by atoms with Crippen molar-refractivity contribution in [2.75, 3.05) is 31.7 Å². The number of aliphatic hydroxyl groups excluding tert-OH is 1. The molecule has 0 bridgehead atoms. The van der Waals surface area contributed by atoms with E-state index in [4.69, 9.17) is 44.9 Å². The molecule has 2 N–H and O–H groups in total. The Hall–Kier alpha value is -2.11. The maximum atomic E-state index is 15.4. The predicted molar refractivity (Wildman–Crippen MR) is 199 cm³/mol. The first-order valence-corrected chi connectivity index (χ1v) is 24.9. The molecule has 0 saturated carbocycles. The fraction of sp³-hybridized carbons (Fsp3) is 0.667. The Morgan fingerprint density at radius 1 is 1.06 bits per heavy atom. The Balaban J connectivity index is 1.24. The van der Waals surface area contributed by atoms with Gasteiger partial charge < -0.3 is 33.8 Å². The molecule has 1 aromatic carbocycles. The molecule has 0 amide bonds. The quantitative estimate of drug-likeness (QED) is 0.128. The zero-order valence-corrected chi connectivity index (χ0v) is 33.5. The largest absolute Gasteiger partial charge is 0.456 e. The van der Waals surface area contributed by atoms with Gasteiger partial charge in [0.2, 0.25) is 0 Å². The van der Waals surface area contributed by atoms with Crippen molar-refractivity contribution in [3.63, 3.8) is 0 Å². The van der Waals surface area contributed by atoms with Crippen molar-refractivity contribution in [1.29, 1.82) is 0 Å². The summed E-state index contributed by atoms with van der Waals surface area (Å²) >= 11 is 6.80. The minimum Gasteiger partial charge on any atom is -0.456 e. The van der Waals surface area contributed by atoms with Gasteiger partial charge in [0.25, 0.3) is 0 Å². The molecule has 3 aliphatic rings. The maximum Gasteiger partial charge on any atom is 0.301 e.